The second-order valence-corrected chi connectivity index (χ2v) is 8.11. The first kappa shape index (κ1) is 17.7. The molecule has 6 nitrogen and oxygen atoms in total. The van der Waals surface area contributed by atoms with Gasteiger partial charge >= 0.3 is 0 Å². The molecule has 0 saturated carbocycles. The van der Waals surface area contributed by atoms with Crippen LogP contribution in [0.25, 0.3) is 0 Å². The van der Waals surface area contributed by atoms with Gasteiger partial charge in [-0.2, -0.15) is 0 Å². The summed E-state index contributed by atoms with van der Waals surface area (Å²) in [5.41, 5.74) is 0.780. The van der Waals surface area contributed by atoms with Gasteiger partial charge in [0.05, 0.1) is 15.5 Å². The fourth-order valence-corrected chi connectivity index (χ4v) is 3.55. The fraction of sp³-hybridized carbons (Fsp3) is 0.143. The lowest BCUT2D eigenvalue weighted by molar-refractivity contribution is -0.385. The molecular formula is C14H12BrClN2O4S. The van der Waals surface area contributed by atoms with E-state index in [2.05, 4.69) is 21.2 Å². The minimum Gasteiger partial charge on any atom is -0.380 e. The van der Waals surface area contributed by atoms with Crippen molar-refractivity contribution >= 4 is 48.7 Å². The lowest BCUT2D eigenvalue weighted by Crippen LogP contribution is -2.07. The van der Waals surface area contributed by atoms with Gasteiger partial charge in [-0.05, 0) is 23.8 Å². The lowest BCUT2D eigenvalue weighted by Gasteiger charge is -2.12. The highest BCUT2D eigenvalue weighted by Crippen LogP contribution is 2.28. The lowest BCUT2D eigenvalue weighted by atomic mass is 10.2. The van der Waals surface area contributed by atoms with Gasteiger partial charge in [-0.25, -0.2) is 8.42 Å². The van der Waals surface area contributed by atoms with Gasteiger partial charge < -0.3 is 5.32 Å². The molecule has 122 valence electrons. The van der Waals surface area contributed by atoms with E-state index in [0.29, 0.717) is 5.02 Å². The van der Waals surface area contributed by atoms with Crippen LogP contribution in [0.15, 0.2) is 45.8 Å². The van der Waals surface area contributed by atoms with Gasteiger partial charge in [-0.15, -0.1) is 0 Å². The van der Waals surface area contributed by atoms with Crippen molar-refractivity contribution in [3.63, 3.8) is 0 Å². The van der Waals surface area contributed by atoms with Crippen molar-refractivity contribution in [2.75, 3.05) is 11.6 Å². The fourth-order valence-electron chi connectivity index (χ4n) is 1.93. The molecule has 0 fully saturated rings. The van der Waals surface area contributed by atoms with E-state index in [1.54, 1.807) is 12.1 Å². The number of nitro groups is 1. The first-order valence-corrected chi connectivity index (χ1v) is 9.41. The molecule has 0 aliphatic carbocycles. The van der Waals surface area contributed by atoms with Crippen LogP contribution >= 0.6 is 27.5 Å². The molecule has 9 heteroatoms. The Kier molecular flexibility index (Phi) is 5.28. The number of rotatable bonds is 5. The van der Waals surface area contributed by atoms with E-state index in [4.69, 9.17) is 11.6 Å². The molecule has 1 N–H and O–H groups in total. The Labute approximate surface area is 146 Å². The largest absolute Gasteiger partial charge is 0.380 e. The van der Waals surface area contributed by atoms with Crippen LogP contribution in [0, 0.1) is 10.1 Å². The van der Waals surface area contributed by atoms with Crippen LogP contribution in [0.2, 0.25) is 5.02 Å². The van der Waals surface area contributed by atoms with Crippen molar-refractivity contribution in [2.45, 2.75) is 11.4 Å². The molecule has 2 aromatic rings. The molecule has 0 aliphatic rings. The van der Waals surface area contributed by atoms with E-state index in [9.17, 15) is 18.5 Å². The Hall–Kier alpha value is -1.64. The van der Waals surface area contributed by atoms with Crippen LogP contribution in [0.4, 0.5) is 11.4 Å². The molecule has 0 atom stereocenters. The van der Waals surface area contributed by atoms with Crippen molar-refractivity contribution in [1.29, 1.82) is 0 Å². The Bertz CT molecular complexity index is 871. The molecule has 0 saturated heterocycles. The van der Waals surface area contributed by atoms with Gasteiger partial charge in [-0.3, -0.25) is 10.1 Å². The highest BCUT2D eigenvalue weighted by molar-refractivity contribution is 9.10. The monoisotopic (exact) mass is 418 g/mol. The molecule has 23 heavy (non-hydrogen) atoms. The molecule has 2 rings (SSSR count). The third kappa shape index (κ3) is 4.43. The third-order valence-corrected chi connectivity index (χ3v) is 5.04. The maximum absolute atomic E-state index is 11.9. The van der Waals surface area contributed by atoms with E-state index < -0.39 is 14.8 Å². The van der Waals surface area contributed by atoms with E-state index in [1.165, 1.54) is 12.1 Å². The number of benzene rings is 2. The number of anilines is 1. The molecule has 0 aromatic heterocycles. The molecule has 0 heterocycles. The molecule has 0 aliphatic heterocycles. The van der Waals surface area contributed by atoms with Gasteiger partial charge in [0.25, 0.3) is 5.69 Å². The number of sulfone groups is 1. The Balaban J connectivity index is 2.34. The highest BCUT2D eigenvalue weighted by Gasteiger charge is 2.18. The van der Waals surface area contributed by atoms with Crippen molar-refractivity contribution in [2.24, 2.45) is 0 Å². The van der Waals surface area contributed by atoms with E-state index in [1.807, 2.05) is 6.07 Å². The number of hydrogen-bond donors (Lipinski definition) is 1. The first-order chi connectivity index (χ1) is 10.7. The minimum atomic E-state index is -3.62. The second-order valence-electron chi connectivity index (χ2n) is 4.80. The van der Waals surface area contributed by atoms with Crippen molar-refractivity contribution < 1.29 is 13.3 Å². The summed E-state index contributed by atoms with van der Waals surface area (Å²) >= 11 is 9.42. The van der Waals surface area contributed by atoms with Crippen LogP contribution in [0.5, 0.6) is 0 Å². The van der Waals surface area contributed by atoms with E-state index >= 15 is 0 Å². The summed E-state index contributed by atoms with van der Waals surface area (Å²) in [6.45, 7) is 0.284. The van der Waals surface area contributed by atoms with Gasteiger partial charge in [-0.1, -0.05) is 33.6 Å². The topological polar surface area (TPSA) is 89.3 Å². The number of nitrogens with one attached hydrogen (secondary N) is 1. The quantitative estimate of drug-likeness (QED) is 0.584. The molecule has 0 radical (unpaired) electrons. The zero-order valence-corrected chi connectivity index (χ0v) is 15.1. The number of halogens is 2. The summed E-state index contributed by atoms with van der Waals surface area (Å²) in [6.07, 6.45) is 1.00. The maximum Gasteiger partial charge on any atom is 0.270 e. The van der Waals surface area contributed by atoms with E-state index in [0.717, 1.165) is 22.4 Å². The maximum atomic E-state index is 11.9. The Morgan fingerprint density at radius 2 is 1.96 bits per heavy atom. The predicted molar refractivity (Wildman–Crippen MR) is 92.7 cm³/mol. The Morgan fingerprint density at radius 1 is 1.26 bits per heavy atom. The molecular weight excluding hydrogens is 408 g/mol. The Morgan fingerprint density at radius 3 is 2.52 bits per heavy atom. The zero-order valence-electron chi connectivity index (χ0n) is 11.9. The van der Waals surface area contributed by atoms with Crippen LogP contribution in [-0.4, -0.2) is 19.6 Å². The van der Waals surface area contributed by atoms with Gasteiger partial charge in [0, 0.05) is 34.4 Å². The van der Waals surface area contributed by atoms with Crippen LogP contribution in [-0.2, 0) is 16.4 Å². The van der Waals surface area contributed by atoms with Gasteiger partial charge in [0.15, 0.2) is 9.84 Å². The SMILES string of the molecule is CS(=O)(=O)c1cc([N+](=O)[O-])ccc1NCc1ccc(Br)cc1Cl. The molecule has 0 amide bonds. The molecule has 0 bridgehead atoms. The smallest absolute Gasteiger partial charge is 0.270 e. The van der Waals surface area contributed by atoms with Crippen molar-refractivity contribution in [1.82, 2.24) is 0 Å². The summed E-state index contributed by atoms with van der Waals surface area (Å²) < 4.78 is 24.5. The minimum absolute atomic E-state index is 0.125. The number of nitrogens with zero attached hydrogens (tertiary/aromatic N) is 1. The van der Waals surface area contributed by atoms with Crippen molar-refractivity contribution in [3.05, 3.63) is 61.6 Å². The zero-order chi connectivity index (χ0) is 17.2. The second kappa shape index (κ2) is 6.86. The summed E-state index contributed by atoms with van der Waals surface area (Å²) in [5.74, 6) is 0. The van der Waals surface area contributed by atoms with E-state index in [-0.39, 0.29) is 22.8 Å². The van der Waals surface area contributed by atoms with Crippen LogP contribution < -0.4 is 5.32 Å². The summed E-state index contributed by atoms with van der Waals surface area (Å²) in [5, 5.41) is 14.3. The normalized spacial score (nSPS) is 11.3. The molecule has 0 spiro atoms. The average Bonchev–Trinajstić information content (AvgIpc) is 2.45. The third-order valence-electron chi connectivity index (χ3n) is 3.06. The number of nitro benzene ring substituents is 1. The molecule has 0 unspecified atom stereocenters. The van der Waals surface area contributed by atoms with Gasteiger partial charge in [0.1, 0.15) is 0 Å². The van der Waals surface area contributed by atoms with Crippen LogP contribution in [0.3, 0.4) is 0 Å². The first-order valence-electron chi connectivity index (χ1n) is 6.35. The standard InChI is InChI=1S/C14H12BrClN2O4S/c1-23(21,22)14-7-11(18(19)20)4-5-13(14)17-8-9-2-3-10(15)6-12(9)16/h2-7,17H,8H2,1H3. The summed E-state index contributed by atoms with van der Waals surface area (Å²) in [4.78, 5) is 10.1. The summed E-state index contributed by atoms with van der Waals surface area (Å²) in [6, 6.07) is 9.01. The van der Waals surface area contributed by atoms with Gasteiger partial charge in [0.2, 0.25) is 0 Å². The summed E-state index contributed by atoms with van der Waals surface area (Å²) in [7, 11) is -3.62. The number of hydrogen-bond acceptors (Lipinski definition) is 5. The van der Waals surface area contributed by atoms with Crippen molar-refractivity contribution in [3.8, 4) is 0 Å². The predicted octanol–water partition coefficient (Wildman–Crippen LogP) is 4.03. The molecule has 2 aromatic carbocycles. The highest BCUT2D eigenvalue weighted by atomic mass is 79.9. The van der Waals surface area contributed by atoms with Crippen LogP contribution in [0.1, 0.15) is 5.56 Å². The average molecular weight is 420 g/mol. The number of non-ortho nitro benzene ring substituents is 1.